The fraction of sp³-hybridized carbons (Fsp3) is 0.533. The van der Waals surface area contributed by atoms with Crippen molar-refractivity contribution >= 4 is 27.5 Å². The van der Waals surface area contributed by atoms with Crippen molar-refractivity contribution in [3.05, 3.63) is 33.9 Å². The van der Waals surface area contributed by atoms with Gasteiger partial charge in [-0.3, -0.25) is 14.9 Å². The number of hydrogen-bond donors (Lipinski definition) is 1. The highest BCUT2D eigenvalue weighted by molar-refractivity contribution is 7.86. The Morgan fingerprint density at radius 3 is 2.68 bits per heavy atom. The van der Waals surface area contributed by atoms with E-state index in [-0.39, 0.29) is 18.1 Å². The van der Waals surface area contributed by atoms with Crippen molar-refractivity contribution in [2.75, 3.05) is 32.5 Å². The molecule has 1 amide bonds. The molecule has 138 valence electrons. The van der Waals surface area contributed by atoms with Gasteiger partial charge in [0.05, 0.1) is 22.1 Å². The molecule has 1 heterocycles. The summed E-state index contributed by atoms with van der Waals surface area (Å²) in [5.41, 5.74) is 0.666. The quantitative estimate of drug-likeness (QED) is 0.621. The van der Waals surface area contributed by atoms with E-state index >= 15 is 0 Å². The Balaban J connectivity index is 2.14. The van der Waals surface area contributed by atoms with Gasteiger partial charge in [0.15, 0.2) is 0 Å². The normalized spacial score (nSPS) is 19.0. The number of amides is 1. The highest BCUT2D eigenvalue weighted by Crippen LogP contribution is 2.27. The van der Waals surface area contributed by atoms with Crippen molar-refractivity contribution in [1.29, 1.82) is 0 Å². The largest absolute Gasteiger partial charge is 0.325 e. The molecule has 0 aromatic heterocycles. The number of nitro groups is 1. The van der Waals surface area contributed by atoms with Crippen LogP contribution in [0.4, 0.5) is 11.4 Å². The predicted molar refractivity (Wildman–Crippen MR) is 93.4 cm³/mol. The molecule has 1 atom stereocenters. The average Bonchev–Trinajstić information content (AvgIpc) is 2.56. The Bertz CT molecular complexity index is 778. The zero-order valence-electron chi connectivity index (χ0n) is 14.4. The molecular weight excluding hydrogens is 348 g/mol. The number of rotatable bonds is 5. The SMILES string of the molecule is Cc1c(NC(=O)[C@H]2CCCN(S(=O)(=O)N(C)C)C2)cccc1[N+](=O)[O-]. The minimum absolute atomic E-state index is 0.0711. The summed E-state index contributed by atoms with van der Waals surface area (Å²) < 4.78 is 26.9. The zero-order chi connectivity index (χ0) is 18.8. The summed E-state index contributed by atoms with van der Waals surface area (Å²) in [4.78, 5) is 23.0. The molecule has 1 aliphatic heterocycles. The smallest absolute Gasteiger partial charge is 0.281 e. The fourth-order valence-corrected chi connectivity index (χ4v) is 3.98. The minimum atomic E-state index is -3.57. The van der Waals surface area contributed by atoms with E-state index in [0.29, 0.717) is 30.6 Å². The van der Waals surface area contributed by atoms with Gasteiger partial charge in [0.25, 0.3) is 15.9 Å². The summed E-state index contributed by atoms with van der Waals surface area (Å²) in [5, 5.41) is 13.7. The van der Waals surface area contributed by atoms with Crippen LogP contribution in [0.1, 0.15) is 18.4 Å². The number of anilines is 1. The van der Waals surface area contributed by atoms with Gasteiger partial charge in [0.2, 0.25) is 5.91 Å². The molecule has 1 aromatic carbocycles. The van der Waals surface area contributed by atoms with E-state index in [2.05, 4.69) is 5.32 Å². The highest BCUT2D eigenvalue weighted by atomic mass is 32.2. The molecule has 2 rings (SSSR count). The number of carbonyl (C=O) groups is 1. The number of nitrogens with zero attached hydrogens (tertiary/aromatic N) is 3. The van der Waals surface area contributed by atoms with Crippen LogP contribution in [0.3, 0.4) is 0 Å². The lowest BCUT2D eigenvalue weighted by atomic mass is 9.98. The molecule has 1 aromatic rings. The molecule has 1 saturated heterocycles. The van der Waals surface area contributed by atoms with Crippen LogP contribution in [0.5, 0.6) is 0 Å². The number of carbonyl (C=O) groups excluding carboxylic acids is 1. The van der Waals surface area contributed by atoms with Crippen molar-refractivity contribution < 1.29 is 18.1 Å². The molecule has 0 spiro atoms. The number of hydrogen-bond acceptors (Lipinski definition) is 5. The first-order valence-electron chi connectivity index (χ1n) is 7.87. The molecule has 1 aliphatic rings. The molecule has 9 nitrogen and oxygen atoms in total. The monoisotopic (exact) mass is 370 g/mol. The van der Waals surface area contributed by atoms with Crippen LogP contribution in [-0.4, -0.2) is 55.0 Å². The molecule has 0 radical (unpaired) electrons. The predicted octanol–water partition coefficient (Wildman–Crippen LogP) is 1.36. The molecular formula is C15H22N4O5S. The molecule has 10 heteroatoms. The Kier molecular flexibility index (Phi) is 5.76. The van der Waals surface area contributed by atoms with Gasteiger partial charge < -0.3 is 5.32 Å². The maximum Gasteiger partial charge on any atom is 0.281 e. The fourth-order valence-electron chi connectivity index (χ4n) is 2.79. The summed E-state index contributed by atoms with van der Waals surface area (Å²) in [6.45, 7) is 2.04. The molecule has 0 aliphatic carbocycles. The van der Waals surface area contributed by atoms with E-state index in [1.807, 2.05) is 0 Å². The Hall–Kier alpha value is -2.04. The molecule has 0 bridgehead atoms. The Labute approximate surface area is 146 Å². The first kappa shape index (κ1) is 19.3. The van der Waals surface area contributed by atoms with Crippen molar-refractivity contribution in [2.24, 2.45) is 5.92 Å². The van der Waals surface area contributed by atoms with Crippen LogP contribution in [0, 0.1) is 23.0 Å². The number of benzene rings is 1. The maximum absolute atomic E-state index is 12.5. The van der Waals surface area contributed by atoms with Crippen LogP contribution in [0.2, 0.25) is 0 Å². The summed E-state index contributed by atoms with van der Waals surface area (Å²) in [7, 11) is -0.668. The van der Waals surface area contributed by atoms with Gasteiger partial charge in [-0.2, -0.15) is 17.0 Å². The lowest BCUT2D eigenvalue weighted by Crippen LogP contribution is -2.47. The van der Waals surface area contributed by atoms with Gasteiger partial charge >= 0.3 is 0 Å². The third-order valence-electron chi connectivity index (χ3n) is 4.30. The van der Waals surface area contributed by atoms with E-state index in [4.69, 9.17) is 0 Å². The van der Waals surface area contributed by atoms with E-state index in [1.165, 1.54) is 30.5 Å². The molecule has 25 heavy (non-hydrogen) atoms. The molecule has 1 fully saturated rings. The third-order valence-corrected chi connectivity index (χ3v) is 6.21. The Morgan fingerprint density at radius 2 is 2.08 bits per heavy atom. The number of piperidine rings is 1. The second kappa shape index (κ2) is 7.46. The lowest BCUT2D eigenvalue weighted by molar-refractivity contribution is -0.385. The van der Waals surface area contributed by atoms with E-state index in [0.717, 1.165) is 4.31 Å². The van der Waals surface area contributed by atoms with Gasteiger partial charge in [-0.15, -0.1) is 0 Å². The van der Waals surface area contributed by atoms with E-state index in [1.54, 1.807) is 13.0 Å². The second-order valence-corrected chi connectivity index (χ2v) is 8.33. The first-order valence-corrected chi connectivity index (χ1v) is 9.26. The molecule has 1 N–H and O–H groups in total. The Morgan fingerprint density at radius 1 is 1.40 bits per heavy atom. The third kappa shape index (κ3) is 4.14. The first-order chi connectivity index (χ1) is 11.6. The van der Waals surface area contributed by atoms with Crippen LogP contribution in [0.15, 0.2) is 18.2 Å². The topological polar surface area (TPSA) is 113 Å². The summed E-state index contributed by atoms with van der Waals surface area (Å²) in [5.74, 6) is -0.829. The molecule has 0 unspecified atom stereocenters. The van der Waals surface area contributed by atoms with Gasteiger partial charge in [-0.05, 0) is 25.8 Å². The van der Waals surface area contributed by atoms with E-state index < -0.39 is 21.1 Å². The van der Waals surface area contributed by atoms with E-state index in [9.17, 15) is 23.3 Å². The minimum Gasteiger partial charge on any atom is -0.325 e. The van der Waals surface area contributed by atoms with Crippen LogP contribution >= 0.6 is 0 Å². The summed E-state index contributed by atoms with van der Waals surface area (Å²) >= 11 is 0. The van der Waals surface area contributed by atoms with Crippen molar-refractivity contribution in [2.45, 2.75) is 19.8 Å². The summed E-state index contributed by atoms with van der Waals surface area (Å²) in [6.07, 6.45) is 1.15. The van der Waals surface area contributed by atoms with Gasteiger partial charge in [0.1, 0.15) is 0 Å². The standard InChI is InChI=1S/C15H22N4O5S/c1-11-13(7-4-8-14(11)19(21)22)16-15(20)12-6-5-9-18(10-12)25(23,24)17(2)3/h4,7-8,12H,5-6,9-10H2,1-3H3,(H,16,20)/t12-/m0/s1. The lowest BCUT2D eigenvalue weighted by Gasteiger charge is -2.32. The number of nitrogens with one attached hydrogen (secondary N) is 1. The second-order valence-electron chi connectivity index (χ2n) is 6.18. The van der Waals surface area contributed by atoms with Crippen LogP contribution in [-0.2, 0) is 15.0 Å². The van der Waals surface area contributed by atoms with Gasteiger partial charge in [-0.25, -0.2) is 0 Å². The molecule has 0 saturated carbocycles. The zero-order valence-corrected chi connectivity index (χ0v) is 15.2. The van der Waals surface area contributed by atoms with Crippen molar-refractivity contribution in [1.82, 2.24) is 8.61 Å². The van der Waals surface area contributed by atoms with Gasteiger partial charge in [0, 0.05) is 33.3 Å². The summed E-state index contributed by atoms with van der Waals surface area (Å²) in [6, 6.07) is 4.47. The van der Waals surface area contributed by atoms with Crippen LogP contribution < -0.4 is 5.32 Å². The number of nitro benzene ring substituents is 1. The average molecular weight is 370 g/mol. The van der Waals surface area contributed by atoms with Gasteiger partial charge in [-0.1, -0.05) is 6.07 Å². The van der Waals surface area contributed by atoms with Crippen LogP contribution in [0.25, 0.3) is 0 Å². The maximum atomic E-state index is 12.5. The van der Waals surface area contributed by atoms with Crippen molar-refractivity contribution in [3.63, 3.8) is 0 Å². The highest BCUT2D eigenvalue weighted by Gasteiger charge is 2.33. The van der Waals surface area contributed by atoms with Crippen molar-refractivity contribution in [3.8, 4) is 0 Å².